The van der Waals surface area contributed by atoms with Gasteiger partial charge in [0.25, 0.3) is 0 Å². The van der Waals surface area contributed by atoms with Crippen molar-refractivity contribution in [2.75, 3.05) is 12.1 Å². The average molecular weight is 272 g/mol. The number of hydrogen-bond acceptors (Lipinski definition) is 5. The van der Waals surface area contributed by atoms with Crippen LogP contribution >= 0.6 is 0 Å². The van der Waals surface area contributed by atoms with Gasteiger partial charge in [0, 0.05) is 18.4 Å². The fourth-order valence-electron chi connectivity index (χ4n) is 1.91. The summed E-state index contributed by atoms with van der Waals surface area (Å²) in [5.74, 6) is 0.424. The maximum absolute atomic E-state index is 10.8. The van der Waals surface area contributed by atoms with Gasteiger partial charge in [0.1, 0.15) is 5.69 Å². The van der Waals surface area contributed by atoms with Gasteiger partial charge in [-0.2, -0.15) is 0 Å². The highest BCUT2D eigenvalue weighted by atomic mass is 16.7. The number of nitrogens with one attached hydrogen (secondary N) is 1. The normalized spacial score (nSPS) is 12.2. The highest BCUT2D eigenvalue weighted by Crippen LogP contribution is 2.32. The zero-order valence-corrected chi connectivity index (χ0v) is 10.5. The molecule has 102 valence electrons. The van der Waals surface area contributed by atoms with E-state index in [4.69, 9.17) is 14.6 Å². The number of carbonyl (C=O) groups is 1. The van der Waals surface area contributed by atoms with Crippen LogP contribution in [0.15, 0.2) is 36.5 Å². The number of anilines is 1. The quantitative estimate of drug-likeness (QED) is 0.887. The molecule has 1 aromatic carbocycles. The lowest BCUT2D eigenvalue weighted by Gasteiger charge is -2.07. The molecular weight excluding hydrogens is 260 g/mol. The molecule has 0 saturated carbocycles. The molecule has 1 aliphatic heterocycles. The van der Waals surface area contributed by atoms with E-state index in [1.54, 1.807) is 6.07 Å². The minimum atomic E-state index is -1.04. The van der Waals surface area contributed by atoms with Gasteiger partial charge in [0.2, 0.25) is 6.79 Å². The van der Waals surface area contributed by atoms with Gasteiger partial charge in [-0.1, -0.05) is 6.07 Å². The maximum atomic E-state index is 10.8. The number of fused-ring (bicyclic) bond motifs is 1. The topological polar surface area (TPSA) is 80.7 Å². The molecule has 6 nitrogen and oxygen atoms in total. The van der Waals surface area contributed by atoms with Gasteiger partial charge in [-0.05, 0) is 29.8 Å². The molecule has 0 saturated heterocycles. The first-order valence-corrected chi connectivity index (χ1v) is 6.04. The number of hydrogen-bond donors (Lipinski definition) is 2. The summed E-state index contributed by atoms with van der Waals surface area (Å²) in [5.41, 5.74) is 1.73. The van der Waals surface area contributed by atoms with Crippen molar-refractivity contribution in [1.82, 2.24) is 4.98 Å². The largest absolute Gasteiger partial charge is 0.477 e. The monoisotopic (exact) mass is 272 g/mol. The van der Waals surface area contributed by atoms with Gasteiger partial charge in [-0.3, -0.25) is 0 Å². The fourth-order valence-corrected chi connectivity index (χ4v) is 1.91. The number of carboxylic acid groups (broad SMARTS) is 1. The molecule has 2 aromatic rings. The smallest absolute Gasteiger partial charge is 0.354 e. The van der Waals surface area contributed by atoms with Crippen molar-refractivity contribution in [3.63, 3.8) is 0 Å². The van der Waals surface area contributed by atoms with Crippen molar-refractivity contribution in [3.05, 3.63) is 47.8 Å². The van der Waals surface area contributed by atoms with Crippen LogP contribution in [0.1, 0.15) is 16.1 Å². The Hall–Kier alpha value is -2.76. The third-order valence-electron chi connectivity index (χ3n) is 2.91. The highest BCUT2D eigenvalue weighted by molar-refractivity contribution is 5.86. The molecule has 0 spiro atoms. The van der Waals surface area contributed by atoms with Crippen molar-refractivity contribution >= 4 is 11.7 Å². The first-order chi connectivity index (χ1) is 9.72. The number of aromatic carboxylic acids is 1. The van der Waals surface area contributed by atoms with Crippen LogP contribution in [-0.4, -0.2) is 22.9 Å². The summed E-state index contributed by atoms with van der Waals surface area (Å²) in [7, 11) is 0. The number of carboxylic acids is 1. The summed E-state index contributed by atoms with van der Waals surface area (Å²) in [5, 5.41) is 12.0. The first-order valence-electron chi connectivity index (χ1n) is 6.04. The van der Waals surface area contributed by atoms with Crippen molar-refractivity contribution < 1.29 is 19.4 Å². The van der Waals surface area contributed by atoms with Crippen LogP contribution in [0.5, 0.6) is 11.5 Å². The molecular formula is C14H12N2O4. The van der Waals surface area contributed by atoms with Crippen LogP contribution in [0, 0.1) is 0 Å². The summed E-state index contributed by atoms with van der Waals surface area (Å²) >= 11 is 0. The number of ether oxygens (including phenoxy) is 2. The molecule has 1 aliphatic rings. The Kier molecular flexibility index (Phi) is 3.12. The molecule has 2 heterocycles. The Bertz CT molecular complexity index is 657. The van der Waals surface area contributed by atoms with Gasteiger partial charge in [-0.15, -0.1) is 0 Å². The van der Waals surface area contributed by atoms with E-state index in [1.165, 1.54) is 12.3 Å². The summed E-state index contributed by atoms with van der Waals surface area (Å²) in [6.45, 7) is 0.804. The van der Waals surface area contributed by atoms with E-state index in [0.29, 0.717) is 12.2 Å². The number of aromatic nitrogens is 1. The second-order valence-corrected chi connectivity index (χ2v) is 4.28. The number of rotatable bonds is 4. The van der Waals surface area contributed by atoms with E-state index in [1.807, 2.05) is 18.2 Å². The highest BCUT2D eigenvalue weighted by Gasteiger charge is 2.13. The third kappa shape index (κ3) is 2.49. The third-order valence-corrected chi connectivity index (χ3v) is 2.91. The molecule has 0 unspecified atom stereocenters. The lowest BCUT2D eigenvalue weighted by molar-refractivity contribution is 0.0690. The summed E-state index contributed by atoms with van der Waals surface area (Å²) < 4.78 is 10.5. The van der Waals surface area contributed by atoms with Crippen LogP contribution in [0.4, 0.5) is 5.69 Å². The lowest BCUT2D eigenvalue weighted by Crippen LogP contribution is -2.03. The fraction of sp³-hybridized carbons (Fsp3) is 0.143. The number of pyridine rings is 1. The molecule has 3 rings (SSSR count). The van der Waals surface area contributed by atoms with Gasteiger partial charge < -0.3 is 19.9 Å². The molecule has 6 heteroatoms. The molecule has 0 radical (unpaired) electrons. The van der Waals surface area contributed by atoms with E-state index >= 15 is 0 Å². The van der Waals surface area contributed by atoms with Crippen molar-refractivity contribution in [2.45, 2.75) is 6.54 Å². The zero-order chi connectivity index (χ0) is 13.9. The molecule has 2 N–H and O–H groups in total. The summed E-state index contributed by atoms with van der Waals surface area (Å²) in [6, 6.07) is 8.90. The van der Waals surface area contributed by atoms with Crippen LogP contribution in [0.3, 0.4) is 0 Å². The maximum Gasteiger partial charge on any atom is 0.354 e. The number of benzene rings is 1. The molecule has 20 heavy (non-hydrogen) atoms. The summed E-state index contributed by atoms with van der Waals surface area (Å²) in [6.07, 6.45) is 1.46. The predicted octanol–water partition coefficient (Wildman–Crippen LogP) is 2.12. The van der Waals surface area contributed by atoms with E-state index in [9.17, 15) is 4.79 Å². The van der Waals surface area contributed by atoms with Crippen molar-refractivity contribution in [2.24, 2.45) is 0 Å². The zero-order valence-electron chi connectivity index (χ0n) is 10.5. The Balaban J connectivity index is 1.70. The second-order valence-electron chi connectivity index (χ2n) is 4.28. The van der Waals surface area contributed by atoms with Gasteiger partial charge in [-0.25, -0.2) is 9.78 Å². The van der Waals surface area contributed by atoms with E-state index in [2.05, 4.69) is 10.3 Å². The molecule has 0 aliphatic carbocycles. The van der Waals surface area contributed by atoms with Gasteiger partial charge in [0.05, 0.1) is 0 Å². The minimum absolute atomic E-state index is 0.0145. The van der Waals surface area contributed by atoms with Crippen LogP contribution in [0.2, 0.25) is 0 Å². The Labute approximate surface area is 115 Å². The van der Waals surface area contributed by atoms with Gasteiger partial charge in [0.15, 0.2) is 11.5 Å². The molecule has 0 amide bonds. The standard InChI is InChI=1S/C14H12N2O4/c17-14(18)11-6-10(3-4-15-11)16-7-9-1-2-12-13(5-9)20-8-19-12/h1-6H,7-8H2,(H,15,16)(H,17,18). The van der Waals surface area contributed by atoms with E-state index in [0.717, 1.165) is 17.1 Å². The van der Waals surface area contributed by atoms with Crippen LogP contribution in [-0.2, 0) is 6.54 Å². The van der Waals surface area contributed by atoms with Crippen molar-refractivity contribution in [1.29, 1.82) is 0 Å². The van der Waals surface area contributed by atoms with E-state index < -0.39 is 5.97 Å². The Morgan fingerprint density at radius 2 is 2.10 bits per heavy atom. The number of nitrogens with zero attached hydrogens (tertiary/aromatic N) is 1. The lowest BCUT2D eigenvalue weighted by atomic mass is 10.2. The Morgan fingerprint density at radius 3 is 2.95 bits per heavy atom. The first kappa shape index (κ1) is 12.3. The molecule has 1 aromatic heterocycles. The van der Waals surface area contributed by atoms with E-state index in [-0.39, 0.29) is 12.5 Å². The van der Waals surface area contributed by atoms with Crippen molar-refractivity contribution in [3.8, 4) is 11.5 Å². The molecule has 0 atom stereocenters. The summed E-state index contributed by atoms with van der Waals surface area (Å²) in [4.78, 5) is 14.6. The van der Waals surface area contributed by atoms with Crippen LogP contribution in [0.25, 0.3) is 0 Å². The second kappa shape index (κ2) is 5.08. The molecule has 0 fully saturated rings. The van der Waals surface area contributed by atoms with Gasteiger partial charge >= 0.3 is 5.97 Å². The predicted molar refractivity (Wildman–Crippen MR) is 71.1 cm³/mol. The van der Waals surface area contributed by atoms with Crippen LogP contribution < -0.4 is 14.8 Å². The average Bonchev–Trinajstić information content (AvgIpc) is 2.93. The Morgan fingerprint density at radius 1 is 1.25 bits per heavy atom. The minimum Gasteiger partial charge on any atom is -0.477 e. The SMILES string of the molecule is O=C(O)c1cc(NCc2ccc3c(c2)OCO3)ccn1. The molecule has 0 bridgehead atoms.